The average Bonchev–Trinajstić information content (AvgIpc) is 2.64. The van der Waals surface area contributed by atoms with E-state index in [2.05, 4.69) is 11.4 Å². The third-order valence-corrected chi connectivity index (χ3v) is 3.50. The van der Waals surface area contributed by atoms with Crippen molar-refractivity contribution in [2.45, 2.75) is 12.5 Å². The molecule has 2 N–H and O–H groups in total. The van der Waals surface area contributed by atoms with Crippen molar-refractivity contribution < 1.29 is 9.90 Å². The van der Waals surface area contributed by atoms with Gasteiger partial charge in [0.2, 0.25) is 0 Å². The molecule has 88 valence electrons. The van der Waals surface area contributed by atoms with Crippen molar-refractivity contribution in [2.75, 3.05) is 6.54 Å². The van der Waals surface area contributed by atoms with Gasteiger partial charge in [0.1, 0.15) is 6.04 Å². The lowest BCUT2D eigenvalue weighted by Gasteiger charge is -2.22. The molecule has 0 fully saturated rings. The molecule has 1 unspecified atom stereocenters. The van der Waals surface area contributed by atoms with Crippen LogP contribution in [0.5, 0.6) is 0 Å². The smallest absolute Gasteiger partial charge is 0.326 e. The second kappa shape index (κ2) is 3.60. The van der Waals surface area contributed by atoms with Crippen LogP contribution in [0, 0.1) is 0 Å². The fraction of sp³-hybridized carbons (Fsp3) is 0.308. The van der Waals surface area contributed by atoms with E-state index in [1.54, 1.807) is 0 Å². The molecule has 4 heteroatoms. The highest BCUT2D eigenvalue weighted by Gasteiger charge is 2.30. The Labute approximate surface area is 98.9 Å². The Kier molecular flexibility index (Phi) is 2.19. The van der Waals surface area contributed by atoms with Crippen LogP contribution in [0.25, 0.3) is 10.9 Å². The number of carboxylic acid groups (broad SMARTS) is 1. The van der Waals surface area contributed by atoms with Crippen molar-refractivity contribution in [3.05, 3.63) is 35.5 Å². The third-order valence-electron chi connectivity index (χ3n) is 3.50. The van der Waals surface area contributed by atoms with Crippen LogP contribution in [0.4, 0.5) is 0 Å². The molecule has 0 spiro atoms. The Morgan fingerprint density at radius 1 is 1.47 bits per heavy atom. The molecule has 0 amide bonds. The summed E-state index contributed by atoms with van der Waals surface area (Å²) < 4.78 is 2.00. The molecule has 1 aliphatic heterocycles. The summed E-state index contributed by atoms with van der Waals surface area (Å²) >= 11 is 0. The maximum atomic E-state index is 11.3. The number of rotatable bonds is 1. The van der Waals surface area contributed by atoms with Crippen molar-refractivity contribution >= 4 is 16.9 Å². The lowest BCUT2D eigenvalue weighted by molar-refractivity contribution is -0.140. The first-order chi connectivity index (χ1) is 8.20. The SMILES string of the molecule is Cn1c2c(c3ccccc31)CCNC2C(=O)O. The number of carboxylic acids is 1. The number of fused-ring (bicyclic) bond motifs is 3. The van der Waals surface area contributed by atoms with Crippen LogP contribution in [-0.2, 0) is 18.3 Å². The van der Waals surface area contributed by atoms with Gasteiger partial charge < -0.3 is 9.67 Å². The normalized spacial score (nSPS) is 19.2. The molecule has 1 aromatic heterocycles. The van der Waals surface area contributed by atoms with Gasteiger partial charge in [-0.05, 0) is 18.1 Å². The van der Waals surface area contributed by atoms with E-state index in [-0.39, 0.29) is 0 Å². The van der Waals surface area contributed by atoms with E-state index in [0.717, 1.165) is 24.2 Å². The summed E-state index contributed by atoms with van der Waals surface area (Å²) in [4.78, 5) is 11.3. The molecule has 0 aliphatic carbocycles. The van der Waals surface area contributed by atoms with E-state index in [0.29, 0.717) is 0 Å². The number of aryl methyl sites for hydroxylation is 1. The average molecular weight is 230 g/mol. The fourth-order valence-electron chi connectivity index (χ4n) is 2.76. The zero-order chi connectivity index (χ0) is 12.0. The molecule has 3 rings (SSSR count). The lowest BCUT2D eigenvalue weighted by atomic mass is 9.99. The van der Waals surface area contributed by atoms with Gasteiger partial charge in [0.15, 0.2) is 0 Å². The number of aliphatic carboxylic acids is 1. The Morgan fingerprint density at radius 2 is 2.24 bits per heavy atom. The maximum Gasteiger partial charge on any atom is 0.326 e. The Morgan fingerprint density at radius 3 is 3.00 bits per heavy atom. The van der Waals surface area contributed by atoms with Gasteiger partial charge >= 0.3 is 5.97 Å². The lowest BCUT2D eigenvalue weighted by Crippen LogP contribution is -2.36. The predicted octanol–water partition coefficient (Wildman–Crippen LogP) is 1.45. The van der Waals surface area contributed by atoms with Gasteiger partial charge in [-0.25, -0.2) is 0 Å². The van der Waals surface area contributed by atoms with E-state index < -0.39 is 12.0 Å². The van der Waals surface area contributed by atoms with Crippen LogP contribution in [0.3, 0.4) is 0 Å². The van der Waals surface area contributed by atoms with Crippen LogP contribution in [0.15, 0.2) is 24.3 Å². The van der Waals surface area contributed by atoms with Gasteiger partial charge in [0.05, 0.1) is 5.69 Å². The van der Waals surface area contributed by atoms with Gasteiger partial charge in [-0.2, -0.15) is 0 Å². The fourth-order valence-corrected chi connectivity index (χ4v) is 2.76. The summed E-state index contributed by atoms with van der Waals surface area (Å²) in [5.41, 5.74) is 3.17. The molecule has 1 atom stereocenters. The number of para-hydroxylation sites is 1. The molecule has 4 nitrogen and oxygen atoms in total. The summed E-state index contributed by atoms with van der Waals surface area (Å²) in [6.45, 7) is 0.720. The Balaban J connectivity index is 2.33. The molecule has 0 saturated heterocycles. The van der Waals surface area contributed by atoms with Crippen LogP contribution in [0.1, 0.15) is 17.3 Å². The first-order valence-electron chi connectivity index (χ1n) is 5.72. The zero-order valence-corrected chi connectivity index (χ0v) is 9.60. The van der Waals surface area contributed by atoms with E-state index >= 15 is 0 Å². The van der Waals surface area contributed by atoms with E-state index in [4.69, 9.17) is 0 Å². The van der Waals surface area contributed by atoms with Crippen molar-refractivity contribution in [2.24, 2.45) is 7.05 Å². The minimum atomic E-state index is -0.808. The topological polar surface area (TPSA) is 54.3 Å². The first kappa shape index (κ1) is 10.4. The van der Waals surface area contributed by atoms with Crippen LogP contribution >= 0.6 is 0 Å². The zero-order valence-electron chi connectivity index (χ0n) is 9.60. The molecule has 0 bridgehead atoms. The minimum absolute atomic E-state index is 0.587. The summed E-state index contributed by atoms with van der Waals surface area (Å²) in [6, 6.07) is 7.50. The van der Waals surface area contributed by atoms with Gasteiger partial charge in [-0.3, -0.25) is 10.1 Å². The number of hydrogen-bond acceptors (Lipinski definition) is 2. The van der Waals surface area contributed by atoms with Crippen molar-refractivity contribution in [3.63, 3.8) is 0 Å². The number of nitrogens with one attached hydrogen (secondary N) is 1. The monoisotopic (exact) mass is 230 g/mol. The highest BCUT2D eigenvalue weighted by molar-refractivity contribution is 5.88. The molecule has 1 aliphatic rings. The predicted molar refractivity (Wildman–Crippen MR) is 65.0 cm³/mol. The summed E-state index contributed by atoms with van der Waals surface area (Å²) in [5, 5.41) is 13.5. The largest absolute Gasteiger partial charge is 0.480 e. The van der Waals surface area contributed by atoms with E-state index in [9.17, 15) is 9.90 Å². The number of carbonyl (C=O) groups is 1. The number of aromatic nitrogens is 1. The molecule has 2 heterocycles. The molecule has 0 saturated carbocycles. The molecule has 2 aromatic rings. The first-order valence-corrected chi connectivity index (χ1v) is 5.72. The summed E-state index contributed by atoms with van der Waals surface area (Å²) in [7, 11) is 1.93. The Bertz CT molecular complexity index is 601. The summed E-state index contributed by atoms with van der Waals surface area (Å²) in [5.74, 6) is -0.808. The van der Waals surface area contributed by atoms with Crippen LogP contribution < -0.4 is 5.32 Å². The second-order valence-corrected chi connectivity index (χ2v) is 4.42. The second-order valence-electron chi connectivity index (χ2n) is 4.42. The van der Waals surface area contributed by atoms with Gasteiger partial charge in [0.25, 0.3) is 0 Å². The van der Waals surface area contributed by atoms with Crippen molar-refractivity contribution in [1.29, 1.82) is 0 Å². The van der Waals surface area contributed by atoms with Crippen LogP contribution in [0.2, 0.25) is 0 Å². The molecule has 0 radical (unpaired) electrons. The van der Waals surface area contributed by atoms with Gasteiger partial charge in [-0.15, -0.1) is 0 Å². The highest BCUT2D eigenvalue weighted by Crippen LogP contribution is 2.32. The van der Waals surface area contributed by atoms with Gasteiger partial charge in [0, 0.05) is 24.5 Å². The quantitative estimate of drug-likeness (QED) is 0.779. The van der Waals surface area contributed by atoms with Crippen LogP contribution in [-0.4, -0.2) is 22.2 Å². The van der Waals surface area contributed by atoms with Crippen molar-refractivity contribution in [1.82, 2.24) is 9.88 Å². The summed E-state index contributed by atoms with van der Waals surface area (Å²) in [6.07, 6.45) is 0.889. The Hall–Kier alpha value is -1.81. The number of benzene rings is 1. The minimum Gasteiger partial charge on any atom is -0.480 e. The highest BCUT2D eigenvalue weighted by atomic mass is 16.4. The maximum absolute atomic E-state index is 11.3. The standard InChI is InChI=1S/C13H14N2O2/c1-15-10-5-3-2-4-8(10)9-6-7-14-11(12(9)15)13(16)17/h2-5,11,14H,6-7H2,1H3,(H,16,17). The molecule has 17 heavy (non-hydrogen) atoms. The van der Waals surface area contributed by atoms with Crippen molar-refractivity contribution in [3.8, 4) is 0 Å². The third kappa shape index (κ3) is 1.37. The van der Waals surface area contributed by atoms with E-state index in [1.807, 2.05) is 29.8 Å². The van der Waals surface area contributed by atoms with E-state index in [1.165, 1.54) is 10.9 Å². The molecule has 1 aromatic carbocycles. The number of nitrogens with zero attached hydrogens (tertiary/aromatic N) is 1. The molecular weight excluding hydrogens is 216 g/mol. The molecular formula is C13H14N2O2. The number of hydrogen-bond donors (Lipinski definition) is 2. The van der Waals surface area contributed by atoms with Gasteiger partial charge in [-0.1, -0.05) is 18.2 Å².